The maximum absolute atomic E-state index is 13.4. The average Bonchev–Trinajstić information content (AvgIpc) is 2.91. The summed E-state index contributed by atoms with van der Waals surface area (Å²) < 4.78 is 37.5. The van der Waals surface area contributed by atoms with E-state index in [4.69, 9.17) is 20.5 Å². The lowest BCUT2D eigenvalue weighted by atomic mass is 10.0. The fourth-order valence-corrected chi connectivity index (χ4v) is 5.22. The van der Waals surface area contributed by atoms with Crippen LogP contribution in [0.3, 0.4) is 0 Å². The molecule has 1 heterocycles. The average molecular weight is 595 g/mol. The summed E-state index contributed by atoms with van der Waals surface area (Å²) >= 11 is 6.20. The fourth-order valence-electron chi connectivity index (χ4n) is 4.07. The molecule has 1 aliphatic rings. The summed E-state index contributed by atoms with van der Waals surface area (Å²) in [6, 6.07) is 12.9. The van der Waals surface area contributed by atoms with E-state index in [0.717, 1.165) is 16.0 Å². The lowest BCUT2D eigenvalue weighted by Gasteiger charge is -2.26. The van der Waals surface area contributed by atoms with Gasteiger partial charge in [0, 0.05) is 10.6 Å². The van der Waals surface area contributed by atoms with Crippen LogP contribution in [-0.2, 0) is 26.1 Å². The number of anilines is 1. The largest absolute Gasteiger partial charge is 0.490 e. The Morgan fingerprint density at radius 3 is 2.37 bits per heavy atom. The normalized spacial score (nSPS) is 14.7. The Morgan fingerprint density at radius 2 is 1.73 bits per heavy atom. The number of benzene rings is 3. The standard InChI is InChI=1S/C30H27ClN2O7S/c1-5-7-21-14-20(16-26(39-6-2)27(21)40-41(37,38)23-12-8-18(3)9-13-23)15-24-28(34)32-30(36)33(29(24)35)22-11-10-19(4)25(31)17-22/h5,8-17H,1,6-7H2,2-4H3,(H,32,34,36)/b24-15+. The first-order valence-electron chi connectivity index (χ1n) is 12.5. The van der Waals surface area contributed by atoms with E-state index < -0.39 is 28.0 Å². The predicted molar refractivity (Wildman–Crippen MR) is 156 cm³/mol. The molecule has 9 nitrogen and oxygen atoms in total. The fraction of sp³-hybridized carbons (Fsp3) is 0.167. The van der Waals surface area contributed by atoms with Crippen LogP contribution in [0, 0.1) is 13.8 Å². The Kier molecular flexibility index (Phi) is 8.65. The second-order valence-corrected chi connectivity index (χ2v) is 11.1. The molecule has 1 aliphatic heterocycles. The van der Waals surface area contributed by atoms with E-state index in [1.54, 1.807) is 50.3 Å². The first-order chi connectivity index (χ1) is 19.4. The Balaban J connectivity index is 1.78. The first kappa shape index (κ1) is 29.6. The number of rotatable bonds is 9. The first-order valence-corrected chi connectivity index (χ1v) is 14.3. The molecule has 0 aromatic heterocycles. The molecule has 3 aromatic rings. The second-order valence-electron chi connectivity index (χ2n) is 9.17. The molecule has 1 N–H and O–H groups in total. The van der Waals surface area contributed by atoms with Gasteiger partial charge in [-0.1, -0.05) is 41.4 Å². The number of allylic oxidation sites excluding steroid dienone is 1. The highest BCUT2D eigenvalue weighted by Gasteiger charge is 2.37. The minimum atomic E-state index is -4.22. The molecule has 3 aromatic carbocycles. The molecule has 4 rings (SSSR count). The molecule has 0 radical (unpaired) electrons. The Bertz CT molecular complexity index is 1700. The van der Waals surface area contributed by atoms with Crippen molar-refractivity contribution in [3.05, 3.63) is 100 Å². The zero-order valence-corrected chi connectivity index (χ0v) is 24.1. The molecule has 4 amide bonds. The number of nitrogens with zero attached hydrogens (tertiary/aromatic N) is 1. The van der Waals surface area contributed by atoms with Crippen molar-refractivity contribution in [3.63, 3.8) is 0 Å². The summed E-state index contributed by atoms with van der Waals surface area (Å²) in [5.41, 5.74) is 2.21. The smallest absolute Gasteiger partial charge is 0.339 e. The number of amides is 4. The van der Waals surface area contributed by atoms with E-state index in [1.165, 1.54) is 30.3 Å². The van der Waals surface area contributed by atoms with Crippen molar-refractivity contribution in [2.24, 2.45) is 0 Å². The minimum Gasteiger partial charge on any atom is -0.490 e. The number of imide groups is 2. The summed E-state index contributed by atoms with van der Waals surface area (Å²) in [6.07, 6.45) is 3.02. The van der Waals surface area contributed by atoms with Crippen molar-refractivity contribution in [2.45, 2.75) is 32.1 Å². The number of halogens is 1. The third kappa shape index (κ3) is 6.34. The maximum atomic E-state index is 13.4. The molecule has 0 bridgehead atoms. The highest BCUT2D eigenvalue weighted by molar-refractivity contribution is 7.87. The van der Waals surface area contributed by atoms with Crippen LogP contribution in [0.15, 0.2) is 77.7 Å². The number of carbonyl (C=O) groups excluding carboxylic acids is 3. The van der Waals surface area contributed by atoms with Crippen LogP contribution in [0.1, 0.15) is 29.2 Å². The summed E-state index contributed by atoms with van der Waals surface area (Å²) in [4.78, 5) is 39.5. The molecule has 0 saturated carbocycles. The summed E-state index contributed by atoms with van der Waals surface area (Å²) in [5, 5.41) is 2.52. The van der Waals surface area contributed by atoms with Gasteiger partial charge in [-0.3, -0.25) is 14.9 Å². The van der Waals surface area contributed by atoms with Crippen LogP contribution < -0.4 is 19.1 Å². The topological polar surface area (TPSA) is 119 Å². The molecule has 1 saturated heterocycles. The molecule has 0 atom stereocenters. The van der Waals surface area contributed by atoms with Crippen LogP contribution in [-0.4, -0.2) is 32.9 Å². The lowest BCUT2D eigenvalue weighted by Crippen LogP contribution is -2.54. The van der Waals surface area contributed by atoms with Gasteiger partial charge in [-0.2, -0.15) is 8.42 Å². The van der Waals surface area contributed by atoms with Gasteiger partial charge >= 0.3 is 16.1 Å². The summed E-state index contributed by atoms with van der Waals surface area (Å²) in [7, 11) is -4.22. The Morgan fingerprint density at radius 1 is 1.02 bits per heavy atom. The van der Waals surface area contributed by atoms with Gasteiger partial charge in [-0.25, -0.2) is 9.69 Å². The van der Waals surface area contributed by atoms with Gasteiger partial charge in [0.2, 0.25) is 0 Å². The third-order valence-corrected chi connectivity index (χ3v) is 7.79. The molecular formula is C30H27ClN2O7S. The Labute approximate surface area is 243 Å². The van der Waals surface area contributed by atoms with Gasteiger partial charge in [-0.05, 0) is 80.8 Å². The van der Waals surface area contributed by atoms with E-state index in [1.807, 2.05) is 6.92 Å². The number of urea groups is 1. The van der Waals surface area contributed by atoms with E-state index >= 15 is 0 Å². The summed E-state index contributed by atoms with van der Waals surface area (Å²) in [5.74, 6) is -1.71. The number of ether oxygens (including phenoxy) is 1. The SMILES string of the molecule is C=CCc1cc(/C=C2\C(=O)NC(=O)N(c3ccc(C)c(Cl)c3)C2=O)cc(OCC)c1OS(=O)(=O)c1ccc(C)cc1. The monoisotopic (exact) mass is 594 g/mol. The van der Waals surface area contributed by atoms with Gasteiger partial charge in [-0.15, -0.1) is 6.58 Å². The maximum Gasteiger partial charge on any atom is 0.339 e. The quantitative estimate of drug-likeness (QED) is 0.150. The van der Waals surface area contributed by atoms with E-state index in [9.17, 15) is 22.8 Å². The minimum absolute atomic E-state index is 0.0354. The predicted octanol–water partition coefficient (Wildman–Crippen LogP) is 5.52. The van der Waals surface area contributed by atoms with Crippen LogP contribution in [0.25, 0.3) is 6.08 Å². The van der Waals surface area contributed by atoms with Crippen LogP contribution in [0.4, 0.5) is 10.5 Å². The van der Waals surface area contributed by atoms with Gasteiger partial charge in [0.25, 0.3) is 11.8 Å². The number of hydrogen-bond acceptors (Lipinski definition) is 7. The number of hydrogen-bond donors (Lipinski definition) is 1. The van der Waals surface area contributed by atoms with Crippen LogP contribution >= 0.6 is 11.6 Å². The lowest BCUT2D eigenvalue weighted by molar-refractivity contribution is -0.122. The molecule has 11 heteroatoms. The summed E-state index contributed by atoms with van der Waals surface area (Å²) in [6.45, 7) is 9.23. The number of aryl methyl sites for hydroxylation is 2. The van der Waals surface area contributed by atoms with Crippen molar-refractivity contribution in [1.29, 1.82) is 0 Å². The van der Waals surface area contributed by atoms with Crippen LogP contribution in [0.2, 0.25) is 5.02 Å². The molecule has 41 heavy (non-hydrogen) atoms. The van der Waals surface area contributed by atoms with Crippen molar-refractivity contribution in [1.82, 2.24) is 5.32 Å². The zero-order chi connectivity index (χ0) is 29.9. The molecular weight excluding hydrogens is 568 g/mol. The van der Waals surface area contributed by atoms with Crippen molar-refractivity contribution in [2.75, 3.05) is 11.5 Å². The molecule has 212 valence electrons. The van der Waals surface area contributed by atoms with Crippen molar-refractivity contribution >= 4 is 51.3 Å². The molecule has 0 aliphatic carbocycles. The van der Waals surface area contributed by atoms with Crippen LogP contribution in [0.5, 0.6) is 11.5 Å². The van der Waals surface area contributed by atoms with Gasteiger partial charge < -0.3 is 8.92 Å². The van der Waals surface area contributed by atoms with Gasteiger partial charge in [0.1, 0.15) is 10.5 Å². The third-order valence-electron chi connectivity index (χ3n) is 6.15. The van der Waals surface area contributed by atoms with Crippen molar-refractivity contribution in [3.8, 4) is 11.5 Å². The van der Waals surface area contributed by atoms with Gasteiger partial charge in [0.05, 0.1) is 12.3 Å². The molecule has 1 fully saturated rings. The molecule has 0 spiro atoms. The van der Waals surface area contributed by atoms with Crippen molar-refractivity contribution < 1.29 is 31.7 Å². The zero-order valence-electron chi connectivity index (χ0n) is 22.6. The van der Waals surface area contributed by atoms with E-state index in [-0.39, 0.29) is 40.7 Å². The number of barbiturate groups is 1. The number of carbonyl (C=O) groups is 3. The van der Waals surface area contributed by atoms with E-state index in [0.29, 0.717) is 16.1 Å². The van der Waals surface area contributed by atoms with E-state index in [2.05, 4.69) is 11.9 Å². The highest BCUT2D eigenvalue weighted by Crippen LogP contribution is 2.37. The highest BCUT2D eigenvalue weighted by atomic mass is 35.5. The Hall–Kier alpha value is -4.41. The van der Waals surface area contributed by atoms with Gasteiger partial charge in [0.15, 0.2) is 11.5 Å². The second kappa shape index (κ2) is 12.0. The number of nitrogens with one attached hydrogen (secondary N) is 1. The molecule has 0 unspecified atom stereocenters.